The van der Waals surface area contributed by atoms with Crippen LogP contribution in [-0.4, -0.2) is 25.0 Å². The highest BCUT2D eigenvalue weighted by Crippen LogP contribution is 2.35. The summed E-state index contributed by atoms with van der Waals surface area (Å²) in [6, 6.07) is 13.0. The SMILES string of the molecule is CCC(=O)c1cc2c(OCc3csc(-c4ccc(OC)cc4)n3)cc(OC)cc2o1. The summed E-state index contributed by atoms with van der Waals surface area (Å²) in [5, 5.41) is 3.61. The van der Waals surface area contributed by atoms with Crippen molar-refractivity contribution < 1.29 is 23.4 Å². The lowest BCUT2D eigenvalue weighted by atomic mass is 10.2. The topological polar surface area (TPSA) is 70.8 Å². The largest absolute Gasteiger partial charge is 0.497 e. The Morgan fingerprint density at radius 3 is 2.53 bits per heavy atom. The molecule has 0 aliphatic rings. The van der Waals surface area contributed by atoms with Crippen molar-refractivity contribution in [1.82, 2.24) is 4.98 Å². The molecule has 4 aromatic rings. The molecule has 0 radical (unpaired) electrons. The molecule has 0 saturated heterocycles. The van der Waals surface area contributed by atoms with Crippen molar-refractivity contribution in [1.29, 1.82) is 0 Å². The van der Waals surface area contributed by atoms with Gasteiger partial charge < -0.3 is 18.6 Å². The molecule has 7 heteroatoms. The average Bonchev–Trinajstić information content (AvgIpc) is 3.44. The number of benzene rings is 2. The number of ketones is 1. The molecule has 154 valence electrons. The van der Waals surface area contributed by atoms with Crippen LogP contribution < -0.4 is 14.2 Å². The third-order valence-electron chi connectivity index (χ3n) is 4.67. The van der Waals surface area contributed by atoms with Gasteiger partial charge in [-0.15, -0.1) is 11.3 Å². The summed E-state index contributed by atoms with van der Waals surface area (Å²) in [6.07, 6.45) is 0.375. The van der Waals surface area contributed by atoms with Crippen molar-refractivity contribution in [3.8, 4) is 27.8 Å². The minimum Gasteiger partial charge on any atom is -0.497 e. The molecule has 0 aliphatic heterocycles. The fraction of sp³-hybridized carbons (Fsp3) is 0.217. The van der Waals surface area contributed by atoms with Crippen LogP contribution in [0.25, 0.3) is 21.5 Å². The monoisotopic (exact) mass is 423 g/mol. The molecule has 2 aromatic carbocycles. The van der Waals surface area contributed by atoms with Crippen LogP contribution in [0.15, 0.2) is 52.3 Å². The second kappa shape index (κ2) is 8.59. The van der Waals surface area contributed by atoms with Gasteiger partial charge in [0.05, 0.1) is 25.3 Å². The third kappa shape index (κ3) is 4.02. The number of nitrogens with zero attached hydrogens (tertiary/aromatic N) is 1. The van der Waals surface area contributed by atoms with E-state index in [1.54, 1.807) is 50.7 Å². The molecule has 0 bridgehead atoms. The second-order valence-corrected chi connectivity index (χ2v) is 7.44. The van der Waals surface area contributed by atoms with Gasteiger partial charge in [-0.3, -0.25) is 4.79 Å². The second-order valence-electron chi connectivity index (χ2n) is 6.59. The number of carbonyl (C=O) groups is 1. The minimum atomic E-state index is -0.0558. The number of rotatable bonds is 8. The molecule has 2 aromatic heterocycles. The van der Waals surface area contributed by atoms with Gasteiger partial charge in [-0.05, 0) is 30.3 Å². The van der Waals surface area contributed by atoms with Crippen molar-refractivity contribution in [2.75, 3.05) is 14.2 Å². The van der Waals surface area contributed by atoms with E-state index in [-0.39, 0.29) is 12.4 Å². The zero-order valence-electron chi connectivity index (χ0n) is 16.9. The number of hydrogen-bond donors (Lipinski definition) is 0. The highest BCUT2D eigenvalue weighted by Gasteiger charge is 2.16. The Balaban J connectivity index is 1.56. The lowest BCUT2D eigenvalue weighted by Gasteiger charge is -2.08. The Labute approximate surface area is 178 Å². The summed E-state index contributed by atoms with van der Waals surface area (Å²) < 4.78 is 22.3. The molecule has 30 heavy (non-hydrogen) atoms. The quantitative estimate of drug-likeness (QED) is 0.336. The van der Waals surface area contributed by atoms with Gasteiger partial charge in [-0.25, -0.2) is 4.98 Å². The fourth-order valence-corrected chi connectivity index (χ4v) is 3.83. The standard InChI is InChI=1S/C23H21NO5S/c1-4-19(25)22-11-18-20(9-17(27-3)10-21(18)29-22)28-12-15-13-30-23(24-15)14-5-7-16(26-2)8-6-14/h5-11,13H,4,12H2,1-3H3. The first-order chi connectivity index (χ1) is 14.6. The third-order valence-corrected chi connectivity index (χ3v) is 5.61. The van der Waals surface area contributed by atoms with Crippen LogP contribution in [0, 0.1) is 0 Å². The molecular weight excluding hydrogens is 402 g/mol. The van der Waals surface area contributed by atoms with Gasteiger partial charge >= 0.3 is 0 Å². The van der Waals surface area contributed by atoms with Crippen LogP contribution in [0.1, 0.15) is 29.6 Å². The highest BCUT2D eigenvalue weighted by atomic mass is 32.1. The number of ether oxygens (including phenoxy) is 3. The number of methoxy groups -OCH3 is 2. The van der Waals surface area contributed by atoms with Gasteiger partial charge in [-0.1, -0.05) is 6.92 Å². The molecular formula is C23H21NO5S. The van der Waals surface area contributed by atoms with E-state index in [1.807, 2.05) is 29.6 Å². The number of aromatic nitrogens is 1. The smallest absolute Gasteiger partial charge is 0.197 e. The highest BCUT2D eigenvalue weighted by molar-refractivity contribution is 7.13. The molecule has 2 heterocycles. The maximum atomic E-state index is 12.0. The molecule has 4 rings (SSSR count). The molecule has 0 unspecified atom stereocenters. The molecule has 0 saturated carbocycles. The van der Waals surface area contributed by atoms with E-state index in [4.69, 9.17) is 18.6 Å². The summed E-state index contributed by atoms with van der Waals surface area (Å²) in [5.41, 5.74) is 2.39. The van der Waals surface area contributed by atoms with Gasteiger partial charge in [0.15, 0.2) is 11.5 Å². The van der Waals surface area contributed by atoms with E-state index < -0.39 is 0 Å². The molecule has 6 nitrogen and oxygen atoms in total. The van der Waals surface area contributed by atoms with Crippen LogP contribution in [-0.2, 0) is 6.61 Å². The van der Waals surface area contributed by atoms with E-state index in [9.17, 15) is 4.79 Å². The summed E-state index contributed by atoms with van der Waals surface area (Å²) in [4.78, 5) is 16.7. The molecule has 0 fully saturated rings. The molecule has 0 spiro atoms. The number of fused-ring (bicyclic) bond motifs is 1. The van der Waals surface area contributed by atoms with E-state index in [2.05, 4.69) is 4.98 Å². The lowest BCUT2D eigenvalue weighted by molar-refractivity contribution is 0.0963. The molecule has 0 atom stereocenters. The van der Waals surface area contributed by atoms with Crippen LogP contribution in [0.4, 0.5) is 0 Å². The maximum absolute atomic E-state index is 12.0. The van der Waals surface area contributed by atoms with Gasteiger partial charge in [0.25, 0.3) is 0 Å². The maximum Gasteiger partial charge on any atom is 0.197 e. The van der Waals surface area contributed by atoms with E-state index in [0.29, 0.717) is 29.3 Å². The van der Waals surface area contributed by atoms with E-state index in [0.717, 1.165) is 27.4 Å². The zero-order chi connectivity index (χ0) is 21.1. The van der Waals surface area contributed by atoms with Gasteiger partial charge in [-0.2, -0.15) is 0 Å². The Hall–Kier alpha value is -3.32. The Morgan fingerprint density at radius 1 is 1.07 bits per heavy atom. The molecule has 0 aliphatic carbocycles. The minimum absolute atomic E-state index is 0.0558. The van der Waals surface area contributed by atoms with Gasteiger partial charge in [0.2, 0.25) is 0 Å². The average molecular weight is 423 g/mol. The summed E-state index contributed by atoms with van der Waals surface area (Å²) in [5.74, 6) is 2.25. The lowest BCUT2D eigenvalue weighted by Crippen LogP contribution is -1.97. The first-order valence-corrected chi connectivity index (χ1v) is 10.4. The molecule has 0 N–H and O–H groups in total. The van der Waals surface area contributed by atoms with Gasteiger partial charge in [0.1, 0.15) is 34.4 Å². The van der Waals surface area contributed by atoms with Crippen LogP contribution in [0.2, 0.25) is 0 Å². The van der Waals surface area contributed by atoms with Crippen molar-refractivity contribution >= 4 is 28.1 Å². The number of carbonyl (C=O) groups excluding carboxylic acids is 1. The predicted molar refractivity (Wildman–Crippen MR) is 116 cm³/mol. The summed E-state index contributed by atoms with van der Waals surface area (Å²) >= 11 is 1.55. The summed E-state index contributed by atoms with van der Waals surface area (Å²) in [7, 11) is 3.22. The molecule has 0 amide bonds. The fourth-order valence-electron chi connectivity index (χ4n) is 3.02. The normalized spacial score (nSPS) is 10.9. The van der Waals surface area contributed by atoms with Crippen LogP contribution in [0.3, 0.4) is 0 Å². The Kier molecular flexibility index (Phi) is 5.72. The number of Topliss-reactive ketones (excluding diaryl/α,β-unsaturated/α-hetero) is 1. The van der Waals surface area contributed by atoms with Crippen molar-refractivity contribution in [2.45, 2.75) is 20.0 Å². The van der Waals surface area contributed by atoms with Gasteiger partial charge in [0, 0.05) is 29.5 Å². The van der Waals surface area contributed by atoms with Crippen molar-refractivity contribution in [2.24, 2.45) is 0 Å². The zero-order valence-corrected chi connectivity index (χ0v) is 17.7. The first kappa shape index (κ1) is 20.0. The van der Waals surface area contributed by atoms with Crippen LogP contribution in [0.5, 0.6) is 17.2 Å². The van der Waals surface area contributed by atoms with E-state index >= 15 is 0 Å². The Bertz CT molecular complexity index is 1180. The predicted octanol–water partition coefficient (Wildman–Crippen LogP) is 5.75. The summed E-state index contributed by atoms with van der Waals surface area (Å²) in [6.45, 7) is 2.09. The Morgan fingerprint density at radius 2 is 1.83 bits per heavy atom. The van der Waals surface area contributed by atoms with Crippen molar-refractivity contribution in [3.05, 3.63) is 59.3 Å². The van der Waals surface area contributed by atoms with E-state index in [1.165, 1.54) is 0 Å². The van der Waals surface area contributed by atoms with Crippen molar-refractivity contribution in [3.63, 3.8) is 0 Å². The number of thiazole rings is 1. The number of furan rings is 1. The number of hydrogen-bond acceptors (Lipinski definition) is 7. The van der Waals surface area contributed by atoms with Crippen LogP contribution >= 0.6 is 11.3 Å². The first-order valence-electron chi connectivity index (χ1n) is 9.47.